The molecule has 0 saturated heterocycles. The molecule has 0 aliphatic carbocycles. The molecule has 0 bridgehead atoms. The van der Waals surface area contributed by atoms with Gasteiger partial charge in [-0.2, -0.15) is 0 Å². The predicted molar refractivity (Wildman–Crippen MR) is 35.4 cm³/mol. The Balaban J connectivity index is -0.000000180. The van der Waals surface area contributed by atoms with Gasteiger partial charge in [0, 0.05) is 0 Å². The van der Waals surface area contributed by atoms with Gasteiger partial charge in [-0.05, 0) is 0 Å². The maximum absolute atomic E-state index is 9.82. The van der Waals surface area contributed by atoms with Crippen molar-refractivity contribution >= 4 is 29.3 Å². The zero-order valence-corrected chi connectivity index (χ0v) is 9.15. The third-order valence-corrected chi connectivity index (χ3v) is 1.19. The van der Waals surface area contributed by atoms with Gasteiger partial charge >= 0.3 is 23.1 Å². The van der Waals surface area contributed by atoms with E-state index in [9.17, 15) is 4.79 Å². The van der Waals surface area contributed by atoms with Crippen molar-refractivity contribution in [2.75, 3.05) is 0 Å². The molecule has 0 amide bonds. The fourth-order valence-electron chi connectivity index (χ4n) is 0.136. The zero-order valence-electron chi connectivity index (χ0n) is 6.15. The Morgan fingerprint density at radius 3 is 1.56 bits per heavy atom. The summed E-state index contributed by atoms with van der Waals surface area (Å²) in [6, 6.07) is 0. The normalized spacial score (nSPS) is 11.1. The van der Waals surface area contributed by atoms with Crippen LogP contribution in [0.1, 0.15) is 20.8 Å². The fraction of sp³-hybridized carbons (Fsp3) is 0.833. The summed E-state index contributed by atoms with van der Waals surface area (Å²) >= 11 is 0. The van der Waals surface area contributed by atoms with Crippen LogP contribution in [0.3, 0.4) is 0 Å². The molecule has 0 aromatic rings. The average molecular weight is 203 g/mol. The number of hydrogen-bond acceptors (Lipinski definition) is 1. The maximum atomic E-state index is 9.82. The Kier molecular flexibility index (Phi) is 16.3. The monoisotopic (exact) mass is 202 g/mol. The fourth-order valence-corrected chi connectivity index (χ4v) is 0.136. The molecule has 1 nitrogen and oxygen atoms in total. The minimum absolute atomic E-state index is 0. The molecule has 0 aliphatic rings. The number of hydrogen-bond donors (Lipinski definition) is 0. The standard InChI is InChI=1S/C6H11O.BrH.Mg/c1-5(2)6(3)4-7;;/h5-6H,1-3H3;1H;/q-1;;+2/p-1. The molecule has 50 valence electrons. The van der Waals surface area contributed by atoms with E-state index < -0.39 is 0 Å². The first-order valence-corrected chi connectivity index (χ1v) is 2.56. The van der Waals surface area contributed by atoms with E-state index in [-0.39, 0.29) is 46.0 Å². The zero-order chi connectivity index (χ0) is 5.86. The minimum Gasteiger partial charge on any atom is -1.00 e. The van der Waals surface area contributed by atoms with E-state index in [1.54, 1.807) is 0 Å². The van der Waals surface area contributed by atoms with Crippen molar-refractivity contribution in [2.45, 2.75) is 20.8 Å². The van der Waals surface area contributed by atoms with E-state index >= 15 is 0 Å². The van der Waals surface area contributed by atoms with Crippen molar-refractivity contribution in [3.8, 4) is 0 Å². The first-order chi connectivity index (χ1) is 3.18. The van der Waals surface area contributed by atoms with Crippen molar-refractivity contribution in [2.24, 2.45) is 11.8 Å². The number of rotatable bonds is 2. The Hall–Kier alpha value is 0.916. The molecular weight excluding hydrogens is 192 g/mol. The summed E-state index contributed by atoms with van der Waals surface area (Å²) in [4.78, 5) is 9.82. The molecule has 0 aliphatic heterocycles. The van der Waals surface area contributed by atoms with Gasteiger partial charge in [0.2, 0.25) is 0 Å². The van der Waals surface area contributed by atoms with Gasteiger partial charge in [0.05, 0.1) is 0 Å². The molecule has 1 atom stereocenters. The van der Waals surface area contributed by atoms with Crippen LogP contribution >= 0.6 is 0 Å². The molecule has 3 heteroatoms. The van der Waals surface area contributed by atoms with Gasteiger partial charge in [-0.25, -0.2) is 0 Å². The first-order valence-electron chi connectivity index (χ1n) is 2.56. The second kappa shape index (κ2) is 8.92. The smallest absolute Gasteiger partial charge is 1.00 e. The van der Waals surface area contributed by atoms with Crippen LogP contribution in [0.25, 0.3) is 0 Å². The van der Waals surface area contributed by atoms with Crippen molar-refractivity contribution < 1.29 is 21.8 Å². The van der Waals surface area contributed by atoms with Crippen LogP contribution in [0.15, 0.2) is 0 Å². The second-order valence-electron chi connectivity index (χ2n) is 2.15. The third kappa shape index (κ3) is 8.92. The van der Waals surface area contributed by atoms with E-state index in [0.29, 0.717) is 5.92 Å². The van der Waals surface area contributed by atoms with Gasteiger partial charge in [0.15, 0.2) is 0 Å². The predicted octanol–water partition coefficient (Wildman–Crippen LogP) is -1.99. The Bertz CT molecular complexity index is 66.1. The van der Waals surface area contributed by atoms with Gasteiger partial charge in [0.25, 0.3) is 0 Å². The van der Waals surface area contributed by atoms with Crippen LogP contribution in [0.5, 0.6) is 0 Å². The largest absolute Gasteiger partial charge is 2.00 e. The van der Waals surface area contributed by atoms with Crippen molar-refractivity contribution in [1.29, 1.82) is 0 Å². The van der Waals surface area contributed by atoms with Gasteiger partial charge in [-0.3, -0.25) is 6.29 Å². The summed E-state index contributed by atoms with van der Waals surface area (Å²) in [5.74, 6) is 0.539. The summed E-state index contributed by atoms with van der Waals surface area (Å²) < 4.78 is 0. The summed E-state index contributed by atoms with van der Waals surface area (Å²) in [6.07, 6.45) is 1.91. The van der Waals surface area contributed by atoms with Crippen LogP contribution in [0.4, 0.5) is 0 Å². The molecule has 0 rings (SSSR count). The van der Waals surface area contributed by atoms with E-state index in [2.05, 4.69) is 0 Å². The molecule has 0 aromatic carbocycles. The Morgan fingerprint density at radius 1 is 1.22 bits per heavy atom. The third-order valence-electron chi connectivity index (χ3n) is 1.19. The topological polar surface area (TPSA) is 17.1 Å². The van der Waals surface area contributed by atoms with E-state index in [1.807, 2.05) is 27.1 Å². The van der Waals surface area contributed by atoms with Crippen molar-refractivity contribution in [3.63, 3.8) is 0 Å². The second-order valence-corrected chi connectivity index (χ2v) is 2.15. The van der Waals surface area contributed by atoms with Crippen LogP contribution in [0.2, 0.25) is 0 Å². The Labute approximate surface area is 83.5 Å². The molecule has 0 N–H and O–H groups in total. The van der Waals surface area contributed by atoms with Crippen LogP contribution in [-0.2, 0) is 4.79 Å². The first kappa shape index (κ1) is 16.5. The summed E-state index contributed by atoms with van der Waals surface area (Å²) in [7, 11) is 0. The molecular formula is C6H11BrMgO. The Morgan fingerprint density at radius 2 is 1.56 bits per heavy atom. The molecule has 0 fully saturated rings. The quantitative estimate of drug-likeness (QED) is 0.375. The minimum atomic E-state index is 0. The van der Waals surface area contributed by atoms with Crippen molar-refractivity contribution in [1.82, 2.24) is 0 Å². The van der Waals surface area contributed by atoms with E-state index in [1.165, 1.54) is 0 Å². The molecule has 0 radical (unpaired) electrons. The van der Waals surface area contributed by atoms with Crippen LogP contribution in [-0.4, -0.2) is 29.3 Å². The molecule has 9 heavy (non-hydrogen) atoms. The molecule has 0 spiro atoms. The van der Waals surface area contributed by atoms with Gasteiger partial charge < -0.3 is 21.8 Å². The van der Waals surface area contributed by atoms with Gasteiger partial charge in [-0.15, -0.1) is 5.92 Å². The molecule has 0 heterocycles. The molecule has 1 unspecified atom stereocenters. The molecule has 0 saturated carbocycles. The summed E-state index contributed by atoms with van der Waals surface area (Å²) in [5.41, 5.74) is 0. The van der Waals surface area contributed by atoms with Gasteiger partial charge in [0.1, 0.15) is 0 Å². The van der Waals surface area contributed by atoms with Crippen LogP contribution < -0.4 is 17.0 Å². The average Bonchev–Trinajstić information content (AvgIpc) is 1.65. The summed E-state index contributed by atoms with van der Waals surface area (Å²) in [5, 5.41) is 0. The van der Waals surface area contributed by atoms with Crippen LogP contribution in [0, 0.1) is 11.8 Å². The SMILES string of the molecule is CC(C)C(C)[C-]=O.[Br-].[Mg+2]. The number of carbonyl (C=O) groups excluding carboxylic acids is 1. The van der Waals surface area contributed by atoms with Crippen molar-refractivity contribution in [3.05, 3.63) is 0 Å². The van der Waals surface area contributed by atoms with E-state index in [4.69, 9.17) is 0 Å². The maximum Gasteiger partial charge on any atom is 2.00 e. The summed E-state index contributed by atoms with van der Waals surface area (Å²) in [6.45, 7) is 5.89. The van der Waals surface area contributed by atoms with E-state index in [0.717, 1.165) is 0 Å². The molecule has 0 aromatic heterocycles. The number of halogens is 1. The van der Waals surface area contributed by atoms with Gasteiger partial charge in [-0.1, -0.05) is 26.7 Å².